The maximum absolute atomic E-state index is 13.1. The van der Waals surface area contributed by atoms with Crippen molar-refractivity contribution in [3.8, 4) is 11.5 Å². The zero-order valence-corrected chi connectivity index (χ0v) is 18.9. The fourth-order valence-corrected chi connectivity index (χ4v) is 3.99. The van der Waals surface area contributed by atoms with Crippen molar-refractivity contribution in [2.45, 2.75) is 4.90 Å². The molecular formula is C23H22N2O4S2. The van der Waals surface area contributed by atoms with Crippen LogP contribution in [0.5, 0.6) is 11.5 Å². The summed E-state index contributed by atoms with van der Waals surface area (Å²) in [7, 11) is 3.02. The number of carbonyl (C=O) groups is 2. The summed E-state index contributed by atoms with van der Waals surface area (Å²) >= 11 is 3.00. The summed E-state index contributed by atoms with van der Waals surface area (Å²) in [4.78, 5) is 27.7. The molecule has 0 saturated carbocycles. The van der Waals surface area contributed by atoms with Gasteiger partial charge in [-0.15, -0.1) is 23.1 Å². The molecule has 0 saturated heterocycles. The molecule has 0 unspecified atom stereocenters. The highest BCUT2D eigenvalue weighted by Gasteiger charge is 2.18. The normalized spacial score (nSPS) is 11.0. The van der Waals surface area contributed by atoms with Gasteiger partial charge in [0.05, 0.1) is 19.9 Å². The van der Waals surface area contributed by atoms with Crippen molar-refractivity contribution in [3.63, 3.8) is 0 Å². The molecule has 0 aliphatic carbocycles. The zero-order valence-electron chi connectivity index (χ0n) is 17.3. The quantitative estimate of drug-likeness (QED) is 0.374. The first-order chi connectivity index (χ1) is 15.0. The van der Waals surface area contributed by atoms with E-state index in [1.54, 1.807) is 24.3 Å². The van der Waals surface area contributed by atoms with Crippen molar-refractivity contribution in [2.24, 2.45) is 0 Å². The molecule has 1 aromatic heterocycles. The number of hydrogen-bond donors (Lipinski definition) is 2. The SMILES string of the molecule is COc1ccc(C(=O)N/C(=C\c2cccs2)C(=O)Nc2ccccc2SC)cc1OC. The number of carbonyl (C=O) groups excluding carboxylic acids is 2. The van der Waals surface area contributed by atoms with Crippen molar-refractivity contribution in [2.75, 3.05) is 25.8 Å². The van der Waals surface area contributed by atoms with E-state index < -0.39 is 11.8 Å². The van der Waals surface area contributed by atoms with Crippen LogP contribution in [0.4, 0.5) is 5.69 Å². The molecule has 160 valence electrons. The maximum atomic E-state index is 13.1. The van der Waals surface area contributed by atoms with E-state index in [-0.39, 0.29) is 5.70 Å². The number of thiophene rings is 1. The first kappa shape index (κ1) is 22.5. The van der Waals surface area contributed by atoms with Gasteiger partial charge in [-0.05, 0) is 54.1 Å². The summed E-state index contributed by atoms with van der Waals surface area (Å²) in [6.45, 7) is 0. The van der Waals surface area contributed by atoms with E-state index in [2.05, 4.69) is 10.6 Å². The Morgan fingerprint density at radius 1 is 1.00 bits per heavy atom. The van der Waals surface area contributed by atoms with Crippen LogP contribution in [0, 0.1) is 0 Å². The number of nitrogens with one attached hydrogen (secondary N) is 2. The molecular weight excluding hydrogens is 432 g/mol. The third-order valence-electron chi connectivity index (χ3n) is 4.32. The molecule has 0 atom stereocenters. The van der Waals surface area contributed by atoms with Crippen LogP contribution in [0.2, 0.25) is 0 Å². The standard InChI is InChI=1S/C23H22N2O4S2/c1-28-19-11-10-15(13-20(19)29-2)22(26)25-18(14-16-7-6-12-31-16)23(27)24-17-8-4-5-9-21(17)30-3/h4-14H,1-3H3,(H,24,27)(H,25,26)/b18-14-. The van der Waals surface area contributed by atoms with E-state index in [1.807, 2.05) is 48.0 Å². The number of thioether (sulfide) groups is 1. The van der Waals surface area contributed by atoms with Crippen molar-refractivity contribution in [1.29, 1.82) is 0 Å². The summed E-state index contributed by atoms with van der Waals surface area (Å²) in [5.41, 5.74) is 1.16. The van der Waals surface area contributed by atoms with E-state index in [1.165, 1.54) is 37.3 Å². The highest BCUT2D eigenvalue weighted by atomic mass is 32.2. The molecule has 2 amide bonds. The lowest BCUT2D eigenvalue weighted by Crippen LogP contribution is -2.30. The van der Waals surface area contributed by atoms with Crippen LogP contribution in [-0.4, -0.2) is 32.3 Å². The van der Waals surface area contributed by atoms with Crippen molar-refractivity contribution < 1.29 is 19.1 Å². The molecule has 0 bridgehead atoms. The van der Waals surface area contributed by atoms with E-state index in [9.17, 15) is 9.59 Å². The third-order valence-corrected chi connectivity index (χ3v) is 5.94. The second-order valence-corrected chi connectivity index (χ2v) is 8.08. The van der Waals surface area contributed by atoms with Crippen LogP contribution in [0.15, 0.2) is 70.6 Å². The average molecular weight is 455 g/mol. The predicted octanol–water partition coefficient (Wildman–Crippen LogP) is 4.90. The number of benzene rings is 2. The summed E-state index contributed by atoms with van der Waals surface area (Å²) < 4.78 is 10.5. The number of para-hydroxylation sites is 1. The molecule has 1 heterocycles. The van der Waals surface area contributed by atoms with Gasteiger partial charge in [-0.2, -0.15) is 0 Å². The fourth-order valence-electron chi connectivity index (χ4n) is 2.78. The van der Waals surface area contributed by atoms with Gasteiger partial charge in [0.2, 0.25) is 0 Å². The van der Waals surface area contributed by atoms with Gasteiger partial charge in [-0.3, -0.25) is 9.59 Å². The van der Waals surface area contributed by atoms with Gasteiger partial charge in [0.15, 0.2) is 11.5 Å². The van der Waals surface area contributed by atoms with Gasteiger partial charge in [-0.1, -0.05) is 18.2 Å². The molecule has 31 heavy (non-hydrogen) atoms. The number of ether oxygens (including phenoxy) is 2. The first-order valence-electron chi connectivity index (χ1n) is 9.28. The second-order valence-electron chi connectivity index (χ2n) is 6.25. The maximum Gasteiger partial charge on any atom is 0.272 e. The second kappa shape index (κ2) is 10.7. The van der Waals surface area contributed by atoms with E-state index in [0.29, 0.717) is 22.7 Å². The van der Waals surface area contributed by atoms with Gasteiger partial charge in [0, 0.05) is 15.3 Å². The Kier molecular flexibility index (Phi) is 7.75. The van der Waals surface area contributed by atoms with Crippen LogP contribution in [0.3, 0.4) is 0 Å². The summed E-state index contributed by atoms with van der Waals surface area (Å²) in [5, 5.41) is 7.52. The largest absolute Gasteiger partial charge is 0.493 e. The molecule has 6 nitrogen and oxygen atoms in total. The van der Waals surface area contributed by atoms with Gasteiger partial charge < -0.3 is 20.1 Å². The van der Waals surface area contributed by atoms with Crippen molar-refractivity contribution >= 4 is 46.7 Å². The van der Waals surface area contributed by atoms with Gasteiger partial charge >= 0.3 is 0 Å². The Hall–Kier alpha value is -3.23. The van der Waals surface area contributed by atoms with E-state index >= 15 is 0 Å². The Bertz CT molecular complexity index is 1090. The highest BCUT2D eigenvalue weighted by molar-refractivity contribution is 7.98. The Labute approximate surface area is 189 Å². The van der Waals surface area contributed by atoms with Crippen LogP contribution >= 0.6 is 23.1 Å². The number of anilines is 1. The van der Waals surface area contributed by atoms with E-state index in [0.717, 1.165) is 9.77 Å². The Balaban J connectivity index is 1.88. The summed E-state index contributed by atoms with van der Waals surface area (Å²) in [6.07, 6.45) is 3.59. The summed E-state index contributed by atoms with van der Waals surface area (Å²) in [5.74, 6) is 0.0953. The molecule has 8 heteroatoms. The Morgan fingerprint density at radius 3 is 2.45 bits per heavy atom. The smallest absolute Gasteiger partial charge is 0.272 e. The zero-order chi connectivity index (χ0) is 22.2. The molecule has 0 spiro atoms. The lowest BCUT2D eigenvalue weighted by Gasteiger charge is -2.14. The monoisotopic (exact) mass is 454 g/mol. The van der Waals surface area contributed by atoms with Crippen molar-refractivity contribution in [3.05, 3.63) is 76.1 Å². The minimum Gasteiger partial charge on any atom is -0.493 e. The average Bonchev–Trinajstić information content (AvgIpc) is 3.31. The predicted molar refractivity (Wildman–Crippen MR) is 126 cm³/mol. The minimum absolute atomic E-state index is 0.137. The molecule has 0 aliphatic heterocycles. The molecule has 0 radical (unpaired) electrons. The topological polar surface area (TPSA) is 76.7 Å². The molecule has 2 N–H and O–H groups in total. The highest BCUT2D eigenvalue weighted by Crippen LogP contribution is 2.28. The van der Waals surface area contributed by atoms with Crippen LogP contribution in [0.25, 0.3) is 6.08 Å². The number of rotatable bonds is 8. The number of hydrogen-bond acceptors (Lipinski definition) is 6. The molecule has 0 fully saturated rings. The molecule has 3 rings (SSSR count). The number of methoxy groups -OCH3 is 2. The molecule has 0 aliphatic rings. The minimum atomic E-state index is -0.433. The third kappa shape index (κ3) is 5.68. The lowest BCUT2D eigenvalue weighted by atomic mass is 10.1. The van der Waals surface area contributed by atoms with Crippen LogP contribution < -0.4 is 20.1 Å². The van der Waals surface area contributed by atoms with Gasteiger partial charge in [-0.25, -0.2) is 0 Å². The molecule has 3 aromatic rings. The molecule has 2 aromatic carbocycles. The van der Waals surface area contributed by atoms with Crippen molar-refractivity contribution in [1.82, 2.24) is 5.32 Å². The van der Waals surface area contributed by atoms with Crippen LogP contribution in [-0.2, 0) is 4.79 Å². The Morgan fingerprint density at radius 2 is 1.77 bits per heavy atom. The van der Waals surface area contributed by atoms with Crippen LogP contribution in [0.1, 0.15) is 15.2 Å². The number of amides is 2. The van der Waals surface area contributed by atoms with E-state index in [4.69, 9.17) is 9.47 Å². The fraction of sp³-hybridized carbons (Fsp3) is 0.130. The van der Waals surface area contributed by atoms with Gasteiger partial charge in [0.25, 0.3) is 11.8 Å². The first-order valence-corrected chi connectivity index (χ1v) is 11.4. The summed E-state index contributed by atoms with van der Waals surface area (Å²) in [6, 6.07) is 16.1. The van der Waals surface area contributed by atoms with Gasteiger partial charge in [0.1, 0.15) is 5.70 Å². The lowest BCUT2D eigenvalue weighted by molar-refractivity contribution is -0.113.